The minimum Gasteiger partial charge on any atom is -0.465 e. The first-order chi connectivity index (χ1) is 31.7. The third kappa shape index (κ3) is 39.1. The van der Waals surface area contributed by atoms with E-state index in [1.165, 1.54) is 17.1 Å². The van der Waals surface area contributed by atoms with Crippen molar-refractivity contribution in [3.8, 4) is 0 Å². The molecule has 1 aliphatic heterocycles. The first-order valence-corrected chi connectivity index (χ1v) is 24.4. The van der Waals surface area contributed by atoms with Crippen LogP contribution in [0.1, 0.15) is 12.8 Å². The molecule has 0 aromatic carbocycles. The highest BCUT2D eigenvalue weighted by Gasteiger charge is 2.23. The molecule has 0 saturated carbocycles. The van der Waals surface area contributed by atoms with E-state index in [1.54, 1.807) is 40.6 Å². The van der Waals surface area contributed by atoms with Crippen molar-refractivity contribution in [1.29, 1.82) is 0 Å². The number of rotatable bonds is 49. The third-order valence-electron chi connectivity index (χ3n) is 8.44. The van der Waals surface area contributed by atoms with Crippen LogP contribution in [0.5, 0.6) is 0 Å². The summed E-state index contributed by atoms with van der Waals surface area (Å²) < 4.78 is 65.7. The Hall–Kier alpha value is -2.69. The van der Waals surface area contributed by atoms with E-state index in [4.69, 9.17) is 61.9 Å². The molecule has 0 radical (unpaired) electrons. The molecule has 5 amide bonds. The first kappa shape index (κ1) is 60.3. The monoisotopic (exact) mass is 974 g/mol. The van der Waals surface area contributed by atoms with Crippen LogP contribution < -0.4 is 5.32 Å². The van der Waals surface area contributed by atoms with E-state index in [-0.39, 0.29) is 24.8 Å². The SMILES string of the molecule is CN(CCSSCCN(C)C(=O)CCOCCOCCOCCOCCOCCOCCOCCOCCOCCOCCOCCOCCNC(=O)CCN1C(=O)C=CC1=O)C(=O)O. The van der Waals surface area contributed by atoms with Crippen molar-refractivity contribution >= 4 is 51.3 Å². The van der Waals surface area contributed by atoms with Gasteiger partial charge in [0, 0.05) is 70.4 Å². The molecule has 24 heteroatoms. The Bertz CT molecular complexity index is 1230. The Morgan fingerprint density at radius 1 is 0.492 bits per heavy atom. The fourth-order valence-electron chi connectivity index (χ4n) is 4.77. The van der Waals surface area contributed by atoms with Gasteiger partial charge in [0.25, 0.3) is 11.8 Å². The Labute approximate surface area is 391 Å². The number of hydrogen-bond donors (Lipinski definition) is 2. The zero-order valence-electron chi connectivity index (χ0n) is 38.3. The van der Waals surface area contributed by atoms with Gasteiger partial charge in [-0.25, -0.2) is 4.79 Å². The summed E-state index contributed by atoms with van der Waals surface area (Å²) in [5.41, 5.74) is 0. The van der Waals surface area contributed by atoms with Crippen molar-refractivity contribution in [1.82, 2.24) is 20.0 Å². The van der Waals surface area contributed by atoms with Crippen molar-refractivity contribution in [3.63, 3.8) is 0 Å². The summed E-state index contributed by atoms with van der Waals surface area (Å²) in [5.74, 6) is 0.418. The third-order valence-corrected chi connectivity index (χ3v) is 10.8. The van der Waals surface area contributed by atoms with Crippen LogP contribution >= 0.6 is 21.6 Å². The minimum absolute atomic E-state index is 0.0175. The van der Waals surface area contributed by atoms with Crippen LogP contribution in [0, 0.1) is 0 Å². The number of hydrogen-bond acceptors (Lipinski definition) is 19. The largest absolute Gasteiger partial charge is 0.465 e. The highest BCUT2D eigenvalue weighted by molar-refractivity contribution is 8.76. The van der Waals surface area contributed by atoms with Crippen molar-refractivity contribution in [2.24, 2.45) is 0 Å². The summed E-state index contributed by atoms with van der Waals surface area (Å²) >= 11 is 0. The summed E-state index contributed by atoms with van der Waals surface area (Å²) in [6.45, 7) is 11.9. The molecule has 0 aromatic heterocycles. The van der Waals surface area contributed by atoms with Crippen molar-refractivity contribution in [2.45, 2.75) is 12.8 Å². The molecule has 0 unspecified atom stereocenters. The van der Waals surface area contributed by atoms with Crippen molar-refractivity contribution in [3.05, 3.63) is 12.2 Å². The van der Waals surface area contributed by atoms with Crippen LogP contribution in [0.4, 0.5) is 4.79 Å². The zero-order chi connectivity index (χ0) is 47.3. The van der Waals surface area contributed by atoms with Crippen molar-refractivity contribution in [2.75, 3.05) is 210 Å². The summed E-state index contributed by atoms with van der Waals surface area (Å²) in [7, 11) is 6.52. The average Bonchev–Trinajstić information content (AvgIpc) is 3.62. The van der Waals surface area contributed by atoms with Gasteiger partial charge in [0.05, 0.1) is 165 Å². The van der Waals surface area contributed by atoms with Gasteiger partial charge in [-0.3, -0.25) is 24.1 Å². The molecule has 0 aliphatic carbocycles. The highest BCUT2D eigenvalue weighted by Crippen LogP contribution is 2.20. The molecule has 1 rings (SSSR count). The van der Waals surface area contributed by atoms with Crippen LogP contribution in [0.25, 0.3) is 0 Å². The number of carbonyl (C=O) groups is 5. The Morgan fingerprint density at radius 2 is 0.800 bits per heavy atom. The first-order valence-electron chi connectivity index (χ1n) is 21.9. The lowest BCUT2D eigenvalue weighted by atomic mass is 10.3. The van der Waals surface area contributed by atoms with E-state index in [9.17, 15) is 24.0 Å². The standard InChI is InChI=1S/C41H74N4O18S2/c1-43(9-35-64-65-36-10-44(2)41(50)51)38(47)6-11-52-13-15-54-17-19-56-21-23-58-25-27-60-29-31-62-33-34-63-32-30-61-28-26-59-24-22-57-20-18-55-16-14-53-12-7-42-37(46)5-8-45-39(48)3-4-40(45)49/h3-4H,5-36H2,1-2H3,(H,42,46)(H,50,51). The van der Waals surface area contributed by atoms with Crippen LogP contribution in [0.3, 0.4) is 0 Å². The number of amides is 5. The molecule has 0 fully saturated rings. The van der Waals surface area contributed by atoms with Crippen LogP contribution in [0.15, 0.2) is 12.2 Å². The highest BCUT2D eigenvalue weighted by atomic mass is 33.1. The zero-order valence-corrected chi connectivity index (χ0v) is 40.0. The maximum atomic E-state index is 12.2. The normalized spacial score (nSPS) is 12.4. The molecule has 1 aliphatic rings. The number of nitrogens with zero attached hydrogens (tertiary/aromatic N) is 3. The van der Waals surface area contributed by atoms with E-state index in [1.807, 2.05) is 0 Å². The summed E-state index contributed by atoms with van der Waals surface area (Å²) in [6, 6.07) is 0. The fourth-order valence-corrected chi connectivity index (χ4v) is 6.86. The van der Waals surface area contributed by atoms with E-state index < -0.39 is 17.9 Å². The van der Waals surface area contributed by atoms with Gasteiger partial charge in [-0.1, -0.05) is 21.6 Å². The topological polar surface area (TPSA) is 238 Å². The molecule has 2 N–H and O–H groups in total. The molecule has 0 aromatic rings. The fraction of sp³-hybridized carbons (Fsp3) is 0.829. The molecule has 0 saturated heterocycles. The van der Waals surface area contributed by atoms with Gasteiger partial charge in [0.2, 0.25) is 11.8 Å². The molecule has 22 nitrogen and oxygen atoms in total. The molecule has 0 bridgehead atoms. The average molecular weight is 975 g/mol. The smallest absolute Gasteiger partial charge is 0.407 e. The molecule has 65 heavy (non-hydrogen) atoms. The lowest BCUT2D eigenvalue weighted by molar-refractivity contribution is -0.137. The Balaban J connectivity index is 1.66. The quantitative estimate of drug-likeness (QED) is 0.0478. The van der Waals surface area contributed by atoms with Crippen LogP contribution in [-0.2, 0) is 76.0 Å². The molecule has 1 heterocycles. The molecular formula is C41H74N4O18S2. The van der Waals surface area contributed by atoms with E-state index in [0.717, 1.165) is 10.7 Å². The number of nitrogens with one attached hydrogen (secondary N) is 1. The van der Waals surface area contributed by atoms with Gasteiger partial charge in [-0.2, -0.15) is 0 Å². The second-order valence-corrected chi connectivity index (χ2v) is 16.2. The van der Waals surface area contributed by atoms with Crippen LogP contribution in [0.2, 0.25) is 0 Å². The van der Waals surface area contributed by atoms with E-state index in [0.29, 0.717) is 190 Å². The minimum atomic E-state index is -0.936. The number of carboxylic acid groups (broad SMARTS) is 1. The lowest BCUT2D eigenvalue weighted by Gasteiger charge is -2.17. The Kier molecular flexibility index (Phi) is 41.9. The van der Waals surface area contributed by atoms with Gasteiger partial charge >= 0.3 is 6.09 Å². The van der Waals surface area contributed by atoms with Crippen LogP contribution in [-0.4, -0.2) is 260 Å². The number of imide groups is 1. The summed E-state index contributed by atoms with van der Waals surface area (Å²) in [4.78, 5) is 61.7. The van der Waals surface area contributed by atoms with Crippen molar-refractivity contribution < 1.29 is 85.9 Å². The molecule has 0 spiro atoms. The van der Waals surface area contributed by atoms with E-state index >= 15 is 0 Å². The Morgan fingerprint density at radius 3 is 1.14 bits per heavy atom. The second-order valence-electron chi connectivity index (χ2n) is 13.5. The summed E-state index contributed by atoms with van der Waals surface area (Å²) in [6.07, 6.45) is 1.79. The second kappa shape index (κ2) is 45.1. The summed E-state index contributed by atoms with van der Waals surface area (Å²) in [5, 5.41) is 11.5. The van der Waals surface area contributed by atoms with Gasteiger partial charge in [0.15, 0.2) is 0 Å². The number of ether oxygens (including phenoxy) is 12. The maximum absolute atomic E-state index is 12.2. The van der Waals surface area contributed by atoms with E-state index in [2.05, 4.69) is 5.32 Å². The predicted octanol–water partition coefficient (Wildman–Crippen LogP) is 0.457. The van der Waals surface area contributed by atoms with Gasteiger partial charge in [-0.15, -0.1) is 0 Å². The molecule has 0 atom stereocenters. The van der Waals surface area contributed by atoms with Gasteiger partial charge < -0.3 is 77.1 Å². The molecular weight excluding hydrogens is 901 g/mol. The number of carbonyl (C=O) groups excluding carboxylic acids is 4. The molecule has 378 valence electrons. The van der Waals surface area contributed by atoms with Gasteiger partial charge in [-0.05, 0) is 0 Å². The predicted molar refractivity (Wildman–Crippen MR) is 241 cm³/mol. The maximum Gasteiger partial charge on any atom is 0.407 e. The van der Waals surface area contributed by atoms with Gasteiger partial charge in [0.1, 0.15) is 0 Å². The lowest BCUT2D eigenvalue weighted by Crippen LogP contribution is -2.35.